The predicted octanol–water partition coefficient (Wildman–Crippen LogP) is 2.83. The van der Waals surface area contributed by atoms with Crippen molar-refractivity contribution in [2.75, 3.05) is 0 Å². The topological polar surface area (TPSA) is 83.0 Å². The summed E-state index contributed by atoms with van der Waals surface area (Å²) in [6.45, 7) is 3.70. The summed E-state index contributed by atoms with van der Waals surface area (Å²) in [4.78, 5) is 29.8. The van der Waals surface area contributed by atoms with Crippen LogP contribution >= 0.6 is 15.9 Å². The number of benzene rings is 1. The van der Waals surface area contributed by atoms with Crippen LogP contribution in [0.4, 0.5) is 0 Å². The van der Waals surface area contributed by atoms with Crippen LogP contribution in [0.1, 0.15) is 23.2 Å². The fourth-order valence-electron chi connectivity index (χ4n) is 2.01. The molecule has 0 unspecified atom stereocenters. The SMILES string of the molecule is Cc1ccc(-c2nc(C)c(CCC(=O)O)c(=O)[nH]2)cc1Br. The van der Waals surface area contributed by atoms with Crippen LogP contribution in [0.25, 0.3) is 11.4 Å². The van der Waals surface area contributed by atoms with Gasteiger partial charge in [-0.05, 0) is 31.9 Å². The van der Waals surface area contributed by atoms with Crippen LogP contribution in [0, 0.1) is 13.8 Å². The summed E-state index contributed by atoms with van der Waals surface area (Å²) < 4.78 is 0.940. The molecule has 0 saturated heterocycles. The van der Waals surface area contributed by atoms with E-state index in [1.54, 1.807) is 6.92 Å². The lowest BCUT2D eigenvalue weighted by Crippen LogP contribution is -2.18. The molecule has 0 aliphatic carbocycles. The standard InChI is InChI=1S/C15H15BrN2O3/c1-8-3-4-10(7-12(8)16)14-17-9(2)11(15(21)18-14)5-6-13(19)20/h3-4,7H,5-6H2,1-2H3,(H,19,20)(H,17,18,21). The third kappa shape index (κ3) is 3.58. The minimum absolute atomic E-state index is 0.0823. The highest BCUT2D eigenvalue weighted by atomic mass is 79.9. The first-order valence-electron chi connectivity index (χ1n) is 6.46. The maximum absolute atomic E-state index is 12.1. The van der Waals surface area contributed by atoms with Gasteiger partial charge in [0.1, 0.15) is 5.82 Å². The Balaban J connectivity index is 2.41. The second-order valence-electron chi connectivity index (χ2n) is 4.84. The average molecular weight is 351 g/mol. The number of halogens is 1. The molecule has 0 bridgehead atoms. The number of H-pyrrole nitrogens is 1. The Morgan fingerprint density at radius 1 is 1.38 bits per heavy atom. The Bertz CT molecular complexity index is 753. The van der Waals surface area contributed by atoms with E-state index in [0.717, 1.165) is 15.6 Å². The van der Waals surface area contributed by atoms with Gasteiger partial charge in [-0.25, -0.2) is 4.98 Å². The Hall–Kier alpha value is -1.95. The molecule has 1 heterocycles. The van der Waals surface area contributed by atoms with Crippen molar-refractivity contribution < 1.29 is 9.90 Å². The average Bonchev–Trinajstić information content (AvgIpc) is 2.40. The molecule has 2 rings (SSSR count). The molecule has 0 fully saturated rings. The van der Waals surface area contributed by atoms with Crippen molar-refractivity contribution in [1.29, 1.82) is 0 Å². The van der Waals surface area contributed by atoms with E-state index in [2.05, 4.69) is 25.9 Å². The Morgan fingerprint density at radius 3 is 2.67 bits per heavy atom. The number of carboxylic acid groups (broad SMARTS) is 1. The molecule has 21 heavy (non-hydrogen) atoms. The van der Waals surface area contributed by atoms with E-state index in [0.29, 0.717) is 17.1 Å². The van der Waals surface area contributed by atoms with Crippen molar-refractivity contribution >= 4 is 21.9 Å². The lowest BCUT2D eigenvalue weighted by molar-refractivity contribution is -0.136. The number of nitrogens with one attached hydrogen (secondary N) is 1. The van der Waals surface area contributed by atoms with Crippen LogP contribution in [-0.2, 0) is 11.2 Å². The van der Waals surface area contributed by atoms with Gasteiger partial charge in [0.25, 0.3) is 5.56 Å². The largest absolute Gasteiger partial charge is 0.481 e. The molecule has 0 aliphatic rings. The van der Waals surface area contributed by atoms with Gasteiger partial charge in [0.15, 0.2) is 0 Å². The molecule has 6 heteroatoms. The number of aliphatic carboxylic acids is 1. The Morgan fingerprint density at radius 2 is 2.10 bits per heavy atom. The van der Waals surface area contributed by atoms with Gasteiger partial charge in [-0.2, -0.15) is 0 Å². The molecule has 0 atom stereocenters. The number of hydrogen-bond acceptors (Lipinski definition) is 3. The number of hydrogen-bond donors (Lipinski definition) is 2. The molecule has 2 aromatic rings. The van der Waals surface area contributed by atoms with Crippen LogP contribution in [-0.4, -0.2) is 21.0 Å². The van der Waals surface area contributed by atoms with Crippen molar-refractivity contribution in [3.05, 3.63) is 49.8 Å². The quantitative estimate of drug-likeness (QED) is 0.887. The van der Waals surface area contributed by atoms with Crippen LogP contribution in [0.3, 0.4) is 0 Å². The molecular weight excluding hydrogens is 336 g/mol. The van der Waals surface area contributed by atoms with Gasteiger partial charge >= 0.3 is 5.97 Å². The van der Waals surface area contributed by atoms with Crippen LogP contribution < -0.4 is 5.56 Å². The smallest absolute Gasteiger partial charge is 0.303 e. The highest BCUT2D eigenvalue weighted by Gasteiger charge is 2.11. The zero-order valence-corrected chi connectivity index (χ0v) is 13.3. The molecule has 0 saturated carbocycles. The zero-order chi connectivity index (χ0) is 15.6. The summed E-state index contributed by atoms with van der Waals surface area (Å²) in [5.41, 5.74) is 2.60. The normalized spacial score (nSPS) is 10.6. The lowest BCUT2D eigenvalue weighted by atomic mass is 10.1. The van der Waals surface area contributed by atoms with E-state index in [1.807, 2.05) is 25.1 Å². The minimum Gasteiger partial charge on any atom is -0.481 e. The maximum atomic E-state index is 12.1. The Labute approximate surface area is 130 Å². The first-order valence-corrected chi connectivity index (χ1v) is 7.26. The molecule has 2 N–H and O–H groups in total. The van der Waals surface area contributed by atoms with Crippen molar-refractivity contribution in [2.24, 2.45) is 0 Å². The van der Waals surface area contributed by atoms with E-state index in [9.17, 15) is 9.59 Å². The van der Waals surface area contributed by atoms with Crippen molar-refractivity contribution in [1.82, 2.24) is 9.97 Å². The van der Waals surface area contributed by atoms with Gasteiger partial charge < -0.3 is 10.1 Å². The number of carbonyl (C=O) groups is 1. The van der Waals surface area contributed by atoms with E-state index in [4.69, 9.17) is 5.11 Å². The van der Waals surface area contributed by atoms with Gasteiger partial charge in [0.2, 0.25) is 0 Å². The molecule has 1 aromatic heterocycles. The molecule has 0 amide bonds. The van der Waals surface area contributed by atoms with Crippen LogP contribution in [0.5, 0.6) is 0 Å². The molecule has 0 spiro atoms. The fourth-order valence-corrected chi connectivity index (χ4v) is 2.39. The summed E-state index contributed by atoms with van der Waals surface area (Å²) >= 11 is 3.45. The van der Waals surface area contributed by atoms with E-state index >= 15 is 0 Å². The highest BCUT2D eigenvalue weighted by Crippen LogP contribution is 2.23. The van der Waals surface area contributed by atoms with Gasteiger partial charge in [-0.3, -0.25) is 9.59 Å². The number of rotatable bonds is 4. The van der Waals surface area contributed by atoms with E-state index in [1.165, 1.54) is 0 Å². The first-order chi connectivity index (χ1) is 9.88. The zero-order valence-electron chi connectivity index (χ0n) is 11.7. The number of aryl methyl sites for hydroxylation is 2. The van der Waals surface area contributed by atoms with Crippen molar-refractivity contribution in [2.45, 2.75) is 26.7 Å². The summed E-state index contributed by atoms with van der Waals surface area (Å²) in [7, 11) is 0. The van der Waals surface area contributed by atoms with Crippen LogP contribution in [0.2, 0.25) is 0 Å². The molecule has 0 radical (unpaired) electrons. The summed E-state index contributed by atoms with van der Waals surface area (Å²) in [6.07, 6.45) is 0.0996. The predicted molar refractivity (Wildman–Crippen MR) is 83.4 cm³/mol. The number of aromatic nitrogens is 2. The summed E-state index contributed by atoms with van der Waals surface area (Å²) in [6, 6.07) is 5.71. The van der Waals surface area contributed by atoms with Gasteiger partial charge in [0.05, 0.1) is 0 Å². The number of aromatic amines is 1. The van der Waals surface area contributed by atoms with E-state index < -0.39 is 5.97 Å². The van der Waals surface area contributed by atoms with Gasteiger partial charge in [-0.15, -0.1) is 0 Å². The summed E-state index contributed by atoms with van der Waals surface area (Å²) in [5.74, 6) is -0.447. The lowest BCUT2D eigenvalue weighted by Gasteiger charge is -2.08. The minimum atomic E-state index is -0.930. The van der Waals surface area contributed by atoms with Crippen LogP contribution in [0.15, 0.2) is 27.5 Å². The second-order valence-corrected chi connectivity index (χ2v) is 5.69. The molecule has 110 valence electrons. The first kappa shape index (κ1) is 15.4. The third-order valence-corrected chi connectivity index (χ3v) is 4.11. The Kier molecular flexibility index (Phi) is 4.57. The van der Waals surface area contributed by atoms with Gasteiger partial charge in [-0.1, -0.05) is 28.1 Å². The van der Waals surface area contributed by atoms with E-state index in [-0.39, 0.29) is 18.4 Å². The molecule has 5 nitrogen and oxygen atoms in total. The summed E-state index contributed by atoms with van der Waals surface area (Å²) in [5, 5.41) is 8.71. The third-order valence-electron chi connectivity index (χ3n) is 3.26. The van der Waals surface area contributed by atoms with Gasteiger partial charge in [0, 0.05) is 27.7 Å². The number of nitrogens with zero attached hydrogens (tertiary/aromatic N) is 1. The fraction of sp³-hybridized carbons (Fsp3) is 0.267. The molecule has 1 aromatic carbocycles. The molecular formula is C15H15BrN2O3. The molecule has 0 aliphatic heterocycles. The monoisotopic (exact) mass is 350 g/mol. The number of carboxylic acids is 1. The van der Waals surface area contributed by atoms with Crippen molar-refractivity contribution in [3.63, 3.8) is 0 Å². The highest BCUT2D eigenvalue weighted by molar-refractivity contribution is 9.10. The van der Waals surface area contributed by atoms with Crippen molar-refractivity contribution in [3.8, 4) is 11.4 Å². The maximum Gasteiger partial charge on any atom is 0.303 e. The second kappa shape index (κ2) is 6.22.